The molecule has 0 spiro atoms. The summed E-state index contributed by atoms with van der Waals surface area (Å²) in [6.45, 7) is 0. The highest BCUT2D eigenvalue weighted by Crippen LogP contribution is 2.33. The van der Waals surface area contributed by atoms with Crippen LogP contribution in [0.5, 0.6) is 5.75 Å². The van der Waals surface area contributed by atoms with E-state index < -0.39 is 84.6 Å². The van der Waals surface area contributed by atoms with Crippen molar-refractivity contribution in [1.29, 1.82) is 0 Å². The quantitative estimate of drug-likeness (QED) is 0.0491. The summed E-state index contributed by atoms with van der Waals surface area (Å²) < 4.78 is 73.2. The van der Waals surface area contributed by atoms with Crippen molar-refractivity contribution in [2.24, 2.45) is 0 Å². The Hall–Kier alpha value is -4.70. The van der Waals surface area contributed by atoms with Crippen molar-refractivity contribution in [2.45, 2.75) is 14.7 Å². The Morgan fingerprint density at radius 3 is 1.88 bits per heavy atom. The monoisotopic (exact) mass is 732 g/mol. The number of nitrogens with one attached hydrogen (secondary N) is 2. The van der Waals surface area contributed by atoms with Crippen LogP contribution < -0.4 is 31.7 Å². The number of H-pyrrole nitrogens is 2. The second-order valence-corrected chi connectivity index (χ2v) is 14.3. The molecule has 0 fully saturated rings. The normalized spacial score (nSPS) is 12.8. The predicted molar refractivity (Wildman–Crippen MR) is 169 cm³/mol. The molecule has 7 aromatic rings. The first-order valence-corrected chi connectivity index (χ1v) is 16.9. The van der Waals surface area contributed by atoms with E-state index in [0.29, 0.717) is 12.0 Å². The Morgan fingerprint density at radius 1 is 0.625 bits per heavy atom. The Labute approximate surface area is 272 Å². The lowest BCUT2D eigenvalue weighted by Crippen LogP contribution is -2.26. The molecule has 0 atom stereocenters. The van der Waals surface area contributed by atoms with Crippen LogP contribution in [0.15, 0.2) is 76.3 Å². The molecular weight excluding hydrogens is 720 g/mol. The molecule has 48 heavy (non-hydrogen) atoms. The molecule has 0 bridgehead atoms. The van der Waals surface area contributed by atoms with E-state index in [1.54, 1.807) is 0 Å². The number of aromatic amines is 2. The van der Waals surface area contributed by atoms with Gasteiger partial charge in [0.25, 0.3) is 32.2 Å². The van der Waals surface area contributed by atoms with Crippen molar-refractivity contribution in [3.8, 4) is 5.75 Å². The number of aromatic hydroxyl groups is 1. The molecule has 0 unspecified atom stereocenters. The van der Waals surface area contributed by atoms with Gasteiger partial charge >= 0.3 is 10.1 Å². The van der Waals surface area contributed by atoms with E-state index >= 15 is 0 Å². The minimum Gasteiger partial charge on any atom is -0.506 e. The van der Waals surface area contributed by atoms with Gasteiger partial charge in [-0.05, 0) is 42.5 Å². The van der Waals surface area contributed by atoms with E-state index in [2.05, 4.69) is 19.3 Å². The largest absolute Gasteiger partial charge is 0.506 e. The lowest BCUT2D eigenvalue weighted by Gasteiger charge is -2.07. The van der Waals surface area contributed by atoms with Crippen LogP contribution in [0.25, 0.3) is 65.2 Å². The van der Waals surface area contributed by atoms with Gasteiger partial charge in [-0.3, -0.25) is 28.3 Å². The number of halogens is 1. The van der Waals surface area contributed by atoms with Crippen LogP contribution >= 0.6 is 23.6 Å². The van der Waals surface area contributed by atoms with Crippen LogP contribution in [-0.2, 0) is 29.6 Å². The number of phenolic OH excluding ortho intramolecular Hbond substituents is 1. The van der Waals surface area contributed by atoms with Crippen LogP contribution in [0.2, 0.25) is 5.02 Å². The van der Waals surface area contributed by atoms with Gasteiger partial charge in [0.15, 0.2) is 15.8 Å². The molecule has 1 heterocycles. The first-order valence-electron chi connectivity index (χ1n) is 12.9. The topological polar surface area (TPSA) is 264 Å². The molecule has 6 aromatic carbocycles. The third kappa shape index (κ3) is 4.56. The summed E-state index contributed by atoms with van der Waals surface area (Å²) in [5, 5.41) is 19.3. The molecular formula is C28H13ClN2O14S3+2. The molecule has 0 aliphatic heterocycles. The number of hydrogen-bond acceptors (Lipinski definition) is 13. The third-order valence-corrected chi connectivity index (χ3v) is 10.5. The predicted octanol–water partition coefficient (Wildman–Crippen LogP) is 1.83. The number of phenols is 1. The van der Waals surface area contributed by atoms with Crippen molar-refractivity contribution in [1.82, 2.24) is 0 Å². The number of aromatic nitrogens is 2. The van der Waals surface area contributed by atoms with E-state index in [-0.39, 0.29) is 48.0 Å². The zero-order valence-corrected chi connectivity index (χ0v) is 26.2. The summed E-state index contributed by atoms with van der Waals surface area (Å²) in [7, 11) is -10.3. The summed E-state index contributed by atoms with van der Waals surface area (Å²) >= 11 is 7.03. The standard InChI is InChI=1S/C28H11ClN2O14S3/c29-14-6-12-18(28(36)19-10(25(12)33)3-4-15(27(19)35)47(38,39)40)22-20(14)30-23-17-13(7-16(21(23)31-22)48(41,42)43)24(32)9-2-1-8(46-45-44-37)5-11(9)26(17)34/h1-7,35,37H,(H,38,39,40)(H,41,42,43)/p+2. The highest BCUT2D eigenvalue weighted by molar-refractivity contribution is 7.94. The zero-order chi connectivity index (χ0) is 34.6. The number of rotatable bonds is 5. The minimum absolute atomic E-state index is 0.133. The summed E-state index contributed by atoms with van der Waals surface area (Å²) in [6.07, 6.45) is 0. The van der Waals surface area contributed by atoms with Crippen molar-refractivity contribution in [3.63, 3.8) is 0 Å². The second-order valence-electron chi connectivity index (χ2n) is 10.4. The summed E-state index contributed by atoms with van der Waals surface area (Å²) in [6, 6.07) is 7.30. The zero-order valence-electron chi connectivity index (χ0n) is 23.0. The lowest BCUT2D eigenvalue weighted by atomic mass is 9.99. The Bertz CT molecular complexity index is 3110. The van der Waals surface area contributed by atoms with Gasteiger partial charge in [-0.15, -0.1) is 4.33 Å². The van der Waals surface area contributed by atoms with E-state index in [1.165, 1.54) is 18.2 Å². The molecule has 0 saturated heterocycles. The highest BCUT2D eigenvalue weighted by atomic mass is 35.5. The van der Waals surface area contributed by atoms with Crippen LogP contribution in [-0.4, -0.2) is 36.3 Å². The van der Waals surface area contributed by atoms with Gasteiger partial charge in [0.05, 0.1) is 17.4 Å². The maximum Gasteiger partial charge on any atom is 0.301 e. The molecule has 0 amide bonds. The lowest BCUT2D eigenvalue weighted by molar-refractivity contribution is -0.432. The molecule has 1 aromatic heterocycles. The summed E-state index contributed by atoms with van der Waals surface area (Å²) in [5.41, 5.74) is -5.15. The fraction of sp³-hybridized carbons (Fsp3) is 0. The van der Waals surface area contributed by atoms with Crippen LogP contribution in [0.3, 0.4) is 0 Å². The van der Waals surface area contributed by atoms with Crippen molar-refractivity contribution >= 4 is 109 Å². The summed E-state index contributed by atoms with van der Waals surface area (Å²) in [5.74, 6) is -1.23. The first-order chi connectivity index (χ1) is 22.5. The summed E-state index contributed by atoms with van der Waals surface area (Å²) in [4.78, 5) is 58.6. The van der Waals surface area contributed by atoms with Crippen molar-refractivity contribution in [3.05, 3.63) is 88.4 Å². The maximum atomic E-state index is 13.9. The SMILES string of the molecule is O=c1c2ccc(SOOO)cc2c(=O)c2c1cc(S(=O)(=O)O)c1[nH+]c3c([nH+]c12)c(Cl)cc1c(=O)c2ccc(S(=O)(=O)O)c(O)c2c(=O)c13. The van der Waals surface area contributed by atoms with E-state index in [1.807, 2.05) is 0 Å². The molecule has 0 radical (unpaired) electrons. The van der Waals surface area contributed by atoms with Gasteiger partial charge in [-0.2, -0.15) is 26.8 Å². The molecule has 7 rings (SSSR count). The van der Waals surface area contributed by atoms with Crippen molar-refractivity contribution in [2.75, 3.05) is 0 Å². The molecule has 242 valence electrons. The molecule has 20 heteroatoms. The van der Waals surface area contributed by atoms with Crippen LogP contribution in [0.1, 0.15) is 0 Å². The van der Waals surface area contributed by atoms with Crippen LogP contribution in [0, 0.1) is 0 Å². The smallest absolute Gasteiger partial charge is 0.301 e. The second kappa shape index (κ2) is 10.7. The van der Waals surface area contributed by atoms with Crippen LogP contribution in [0.4, 0.5) is 0 Å². The van der Waals surface area contributed by atoms with E-state index in [4.69, 9.17) is 16.9 Å². The fourth-order valence-electron chi connectivity index (χ4n) is 5.85. The Kier molecular flexibility index (Phi) is 7.07. The molecule has 16 nitrogen and oxygen atoms in total. The third-order valence-electron chi connectivity index (χ3n) is 7.82. The van der Waals surface area contributed by atoms with Gasteiger partial charge in [0, 0.05) is 31.8 Å². The molecule has 0 aliphatic carbocycles. The number of benzene rings is 6. The minimum atomic E-state index is -5.19. The molecule has 6 N–H and O–H groups in total. The average molecular weight is 733 g/mol. The average Bonchev–Trinajstić information content (AvgIpc) is 3.02. The van der Waals surface area contributed by atoms with Gasteiger partial charge in [-0.25, -0.2) is 5.26 Å². The van der Waals surface area contributed by atoms with E-state index in [0.717, 1.165) is 24.3 Å². The highest BCUT2D eigenvalue weighted by Gasteiger charge is 2.34. The molecule has 0 aliphatic rings. The first kappa shape index (κ1) is 31.9. The molecule has 0 saturated carbocycles. The maximum absolute atomic E-state index is 13.9. The fourth-order valence-corrected chi connectivity index (χ4v) is 7.77. The number of fused-ring (bicyclic) bond motifs is 8. The Balaban J connectivity index is 1.73. The van der Waals surface area contributed by atoms with Gasteiger partial charge in [0.2, 0.25) is 10.9 Å². The Morgan fingerprint density at radius 2 is 1.21 bits per heavy atom. The number of hydrogen-bond donors (Lipinski definition) is 4. The van der Waals surface area contributed by atoms with Gasteiger partial charge in [-0.1, -0.05) is 16.6 Å². The van der Waals surface area contributed by atoms with Gasteiger partial charge in [0.1, 0.15) is 26.4 Å². The van der Waals surface area contributed by atoms with Gasteiger partial charge < -0.3 is 5.11 Å². The van der Waals surface area contributed by atoms with Crippen molar-refractivity contribution < 1.29 is 55.6 Å². The van der Waals surface area contributed by atoms with E-state index in [9.17, 15) is 50.2 Å².